The molecule has 1 heterocycles. The summed E-state index contributed by atoms with van der Waals surface area (Å²) in [5.41, 5.74) is 2.14. The zero-order valence-corrected chi connectivity index (χ0v) is 16.9. The molecule has 0 unspecified atom stereocenters. The number of hydrogen-bond acceptors (Lipinski definition) is 5. The Bertz CT molecular complexity index is 721. The van der Waals surface area contributed by atoms with Gasteiger partial charge in [-0.2, -0.15) is 0 Å². The molecule has 5 heteroatoms. The summed E-state index contributed by atoms with van der Waals surface area (Å²) in [5.74, 6) is -0.0895. The second-order valence-corrected chi connectivity index (χ2v) is 7.17. The fourth-order valence-corrected chi connectivity index (χ4v) is 3.73. The van der Waals surface area contributed by atoms with Crippen LogP contribution in [0.4, 0.5) is 0 Å². The Morgan fingerprint density at radius 3 is 1.97 bits per heavy atom. The van der Waals surface area contributed by atoms with Crippen LogP contribution in [0.1, 0.15) is 17.5 Å². The second kappa shape index (κ2) is 11.2. The van der Waals surface area contributed by atoms with Gasteiger partial charge in [0, 0.05) is 13.0 Å². The molecule has 1 aliphatic heterocycles. The van der Waals surface area contributed by atoms with Crippen molar-refractivity contribution < 1.29 is 24.1 Å². The zero-order valence-electron chi connectivity index (χ0n) is 16.9. The molecule has 0 bridgehead atoms. The second-order valence-electron chi connectivity index (χ2n) is 7.17. The number of aliphatic hydroxyl groups is 1. The van der Waals surface area contributed by atoms with E-state index in [1.165, 1.54) is 0 Å². The molecule has 1 fully saturated rings. The third-order valence-electron chi connectivity index (χ3n) is 5.22. The third kappa shape index (κ3) is 5.75. The van der Waals surface area contributed by atoms with Gasteiger partial charge in [0.25, 0.3) is 0 Å². The average Bonchev–Trinajstić information content (AvgIpc) is 2.78. The van der Waals surface area contributed by atoms with Crippen LogP contribution in [0, 0.1) is 5.92 Å². The standard InChI is InChI=1S/C24H30O5/c1-3-10-20-21(15-25)29-24(26-2)23(28-17-19-13-8-5-9-14-19)22(20)27-16-18-11-6-4-7-12-18/h3-9,11-14,20-25H,1,10,15-17H2,2H3/t20-,21-,22+,23-,24+/m1/s1. The Kier molecular flexibility index (Phi) is 8.40. The van der Waals surface area contributed by atoms with Gasteiger partial charge in [-0.15, -0.1) is 6.58 Å². The van der Waals surface area contributed by atoms with E-state index in [1.54, 1.807) is 7.11 Å². The molecule has 0 radical (unpaired) electrons. The lowest BCUT2D eigenvalue weighted by atomic mass is 9.86. The molecule has 1 saturated heterocycles. The molecular formula is C24H30O5. The molecule has 0 aliphatic carbocycles. The molecular weight excluding hydrogens is 368 g/mol. The van der Waals surface area contributed by atoms with Gasteiger partial charge in [0.2, 0.25) is 0 Å². The number of methoxy groups -OCH3 is 1. The molecule has 5 nitrogen and oxygen atoms in total. The van der Waals surface area contributed by atoms with Crippen molar-refractivity contribution in [3.63, 3.8) is 0 Å². The van der Waals surface area contributed by atoms with Crippen LogP contribution in [0.5, 0.6) is 0 Å². The first-order chi connectivity index (χ1) is 14.3. The van der Waals surface area contributed by atoms with Crippen LogP contribution < -0.4 is 0 Å². The van der Waals surface area contributed by atoms with Crippen LogP contribution in [0.3, 0.4) is 0 Å². The summed E-state index contributed by atoms with van der Waals surface area (Å²) in [6.07, 6.45) is 0.695. The molecule has 0 saturated carbocycles. The monoisotopic (exact) mass is 398 g/mol. The van der Waals surface area contributed by atoms with Gasteiger partial charge in [-0.1, -0.05) is 66.7 Å². The molecule has 156 valence electrons. The van der Waals surface area contributed by atoms with Crippen molar-refractivity contribution in [3.05, 3.63) is 84.4 Å². The van der Waals surface area contributed by atoms with Crippen LogP contribution in [0.25, 0.3) is 0 Å². The van der Waals surface area contributed by atoms with Crippen LogP contribution in [-0.2, 0) is 32.2 Å². The molecule has 0 amide bonds. The van der Waals surface area contributed by atoms with Gasteiger partial charge in [-0.05, 0) is 17.5 Å². The zero-order chi connectivity index (χ0) is 20.5. The van der Waals surface area contributed by atoms with E-state index in [0.717, 1.165) is 11.1 Å². The van der Waals surface area contributed by atoms with Crippen LogP contribution in [0.2, 0.25) is 0 Å². The van der Waals surface area contributed by atoms with Crippen LogP contribution in [0.15, 0.2) is 73.3 Å². The fraction of sp³-hybridized carbons (Fsp3) is 0.417. The molecule has 5 atom stereocenters. The van der Waals surface area contributed by atoms with E-state index in [4.69, 9.17) is 18.9 Å². The SMILES string of the molecule is C=CC[C@H]1[C@H](OCc2ccccc2)[C@@H](OCc2ccccc2)[C@@H](OC)O[C@@H]1CO. The lowest BCUT2D eigenvalue weighted by Crippen LogP contribution is -2.57. The maximum atomic E-state index is 9.89. The van der Waals surface area contributed by atoms with Gasteiger partial charge in [0.1, 0.15) is 6.10 Å². The molecule has 0 aromatic heterocycles. The highest BCUT2D eigenvalue weighted by atomic mass is 16.7. The summed E-state index contributed by atoms with van der Waals surface area (Å²) < 4.78 is 24.2. The highest BCUT2D eigenvalue weighted by Crippen LogP contribution is 2.34. The van der Waals surface area contributed by atoms with E-state index >= 15 is 0 Å². The predicted octanol–water partition coefficient (Wildman–Crippen LogP) is 3.71. The largest absolute Gasteiger partial charge is 0.394 e. The Labute approximate surface area is 172 Å². The van der Waals surface area contributed by atoms with E-state index < -0.39 is 18.5 Å². The molecule has 2 aromatic carbocycles. The fourth-order valence-electron chi connectivity index (χ4n) is 3.73. The molecule has 0 spiro atoms. The summed E-state index contributed by atoms with van der Waals surface area (Å²) in [5, 5.41) is 9.89. The molecule has 3 rings (SSSR count). The lowest BCUT2D eigenvalue weighted by molar-refractivity contribution is -0.303. The lowest BCUT2D eigenvalue weighted by Gasteiger charge is -2.45. The average molecular weight is 398 g/mol. The molecule has 1 N–H and O–H groups in total. The Balaban J connectivity index is 1.80. The minimum atomic E-state index is -0.627. The molecule has 2 aromatic rings. The predicted molar refractivity (Wildman–Crippen MR) is 111 cm³/mol. The van der Waals surface area contributed by atoms with E-state index in [0.29, 0.717) is 19.6 Å². The van der Waals surface area contributed by atoms with E-state index in [-0.39, 0.29) is 18.6 Å². The summed E-state index contributed by atoms with van der Waals surface area (Å²) >= 11 is 0. The Morgan fingerprint density at radius 2 is 1.48 bits per heavy atom. The highest BCUT2D eigenvalue weighted by Gasteiger charge is 2.46. The van der Waals surface area contributed by atoms with Gasteiger partial charge in [0.15, 0.2) is 6.29 Å². The van der Waals surface area contributed by atoms with Crippen molar-refractivity contribution in [2.45, 2.75) is 44.2 Å². The van der Waals surface area contributed by atoms with Gasteiger partial charge in [-0.3, -0.25) is 0 Å². The normalized spacial score (nSPS) is 26.9. The molecule has 1 aliphatic rings. The highest BCUT2D eigenvalue weighted by molar-refractivity contribution is 5.14. The van der Waals surface area contributed by atoms with E-state index in [2.05, 4.69) is 6.58 Å². The number of benzene rings is 2. The number of rotatable bonds is 10. The molecule has 29 heavy (non-hydrogen) atoms. The van der Waals surface area contributed by atoms with Crippen LogP contribution >= 0.6 is 0 Å². The first-order valence-corrected chi connectivity index (χ1v) is 9.98. The first-order valence-electron chi connectivity index (χ1n) is 9.98. The number of allylic oxidation sites excluding steroid dienone is 1. The quantitative estimate of drug-likeness (QED) is 0.618. The number of hydrogen-bond donors (Lipinski definition) is 1. The van der Waals surface area contributed by atoms with Gasteiger partial charge in [-0.25, -0.2) is 0 Å². The summed E-state index contributed by atoms with van der Waals surface area (Å²) in [4.78, 5) is 0. The van der Waals surface area contributed by atoms with Crippen LogP contribution in [-0.4, -0.2) is 43.4 Å². The van der Waals surface area contributed by atoms with Gasteiger partial charge in [0.05, 0.1) is 32.0 Å². The topological polar surface area (TPSA) is 57.2 Å². The number of aliphatic hydroxyl groups excluding tert-OH is 1. The summed E-state index contributed by atoms with van der Waals surface area (Å²) in [6.45, 7) is 4.62. The van der Waals surface area contributed by atoms with Crippen molar-refractivity contribution in [1.82, 2.24) is 0 Å². The minimum absolute atomic E-state index is 0.0895. The van der Waals surface area contributed by atoms with Gasteiger partial charge < -0.3 is 24.1 Å². The van der Waals surface area contributed by atoms with Crippen molar-refractivity contribution >= 4 is 0 Å². The number of ether oxygens (including phenoxy) is 4. The first kappa shape index (κ1) is 21.7. The van der Waals surface area contributed by atoms with Gasteiger partial charge >= 0.3 is 0 Å². The van der Waals surface area contributed by atoms with Crippen molar-refractivity contribution in [2.24, 2.45) is 5.92 Å². The Hall–Kier alpha value is -2.02. The van der Waals surface area contributed by atoms with E-state index in [1.807, 2.05) is 66.7 Å². The maximum Gasteiger partial charge on any atom is 0.186 e. The third-order valence-corrected chi connectivity index (χ3v) is 5.22. The summed E-state index contributed by atoms with van der Waals surface area (Å²) in [6, 6.07) is 20.0. The smallest absolute Gasteiger partial charge is 0.186 e. The maximum absolute atomic E-state index is 9.89. The minimum Gasteiger partial charge on any atom is -0.394 e. The van der Waals surface area contributed by atoms with Crippen molar-refractivity contribution in [2.75, 3.05) is 13.7 Å². The van der Waals surface area contributed by atoms with Crippen molar-refractivity contribution in [3.8, 4) is 0 Å². The Morgan fingerprint density at radius 1 is 0.931 bits per heavy atom. The van der Waals surface area contributed by atoms with Crippen molar-refractivity contribution in [1.29, 1.82) is 0 Å². The summed E-state index contributed by atoms with van der Waals surface area (Å²) in [7, 11) is 1.58. The van der Waals surface area contributed by atoms with E-state index in [9.17, 15) is 5.11 Å².